The number of hydrazine groups is 1. The monoisotopic (exact) mass is 493 g/mol. The van der Waals surface area contributed by atoms with Crippen molar-refractivity contribution >= 4 is 27.6 Å². The summed E-state index contributed by atoms with van der Waals surface area (Å²) in [6.07, 6.45) is -0.114. The van der Waals surface area contributed by atoms with Crippen molar-refractivity contribution in [3.05, 3.63) is 101 Å². The quantitative estimate of drug-likeness (QED) is 0.312. The molecule has 3 rings (SSSR count). The smallest absolute Gasteiger partial charge is 0.269 e. The summed E-state index contributed by atoms with van der Waals surface area (Å²) in [6, 6.07) is 20.1. The zero-order valence-corrected chi connectivity index (χ0v) is 20.3. The molecule has 0 bridgehead atoms. The Morgan fingerprint density at radius 1 is 0.800 bits per heavy atom. The lowest BCUT2D eigenvalue weighted by molar-refractivity contribution is -0.121. The SMILES string of the molecule is Cc1ccc(C)c(C(=O)CCC(=O)NNC(=O)c2cccc(S(=O)(=O)NCc3ccccc3)c2)c1. The number of hydrogen-bond donors (Lipinski definition) is 3. The highest BCUT2D eigenvalue weighted by Gasteiger charge is 2.17. The van der Waals surface area contributed by atoms with Crippen LogP contribution in [0.3, 0.4) is 0 Å². The van der Waals surface area contributed by atoms with E-state index in [1.165, 1.54) is 24.3 Å². The van der Waals surface area contributed by atoms with Gasteiger partial charge < -0.3 is 0 Å². The number of Topliss-reactive ketones (excluding diaryl/α,β-unsaturated/α-hetero) is 1. The minimum absolute atomic E-state index is 0.00713. The van der Waals surface area contributed by atoms with Crippen LogP contribution in [-0.2, 0) is 21.4 Å². The summed E-state index contributed by atoms with van der Waals surface area (Å²) in [4.78, 5) is 36.9. The number of carbonyl (C=O) groups is 3. The molecule has 0 saturated carbocycles. The van der Waals surface area contributed by atoms with Crippen molar-refractivity contribution in [1.29, 1.82) is 0 Å². The molecule has 0 atom stereocenters. The molecule has 8 nitrogen and oxygen atoms in total. The highest BCUT2D eigenvalue weighted by molar-refractivity contribution is 7.89. The molecule has 182 valence electrons. The predicted molar refractivity (Wildman–Crippen MR) is 132 cm³/mol. The van der Waals surface area contributed by atoms with Gasteiger partial charge in [0.1, 0.15) is 0 Å². The lowest BCUT2D eigenvalue weighted by Gasteiger charge is -2.10. The number of sulfonamides is 1. The Kier molecular flexibility index (Phi) is 8.51. The minimum Gasteiger partial charge on any atom is -0.294 e. The van der Waals surface area contributed by atoms with E-state index in [9.17, 15) is 22.8 Å². The van der Waals surface area contributed by atoms with Gasteiger partial charge in [-0.3, -0.25) is 25.2 Å². The molecule has 0 aliphatic carbocycles. The van der Waals surface area contributed by atoms with Crippen molar-refractivity contribution in [2.24, 2.45) is 0 Å². The number of aryl methyl sites for hydroxylation is 2. The zero-order chi connectivity index (χ0) is 25.4. The van der Waals surface area contributed by atoms with E-state index >= 15 is 0 Å². The van der Waals surface area contributed by atoms with E-state index in [-0.39, 0.29) is 35.6 Å². The van der Waals surface area contributed by atoms with Crippen molar-refractivity contribution in [2.45, 2.75) is 38.1 Å². The molecule has 0 heterocycles. The van der Waals surface area contributed by atoms with Crippen LogP contribution in [-0.4, -0.2) is 26.0 Å². The molecule has 0 spiro atoms. The summed E-state index contributed by atoms with van der Waals surface area (Å²) in [7, 11) is -3.85. The van der Waals surface area contributed by atoms with E-state index in [2.05, 4.69) is 15.6 Å². The maximum atomic E-state index is 12.6. The van der Waals surface area contributed by atoms with E-state index in [1.807, 2.05) is 44.2 Å². The van der Waals surface area contributed by atoms with Crippen molar-refractivity contribution in [1.82, 2.24) is 15.6 Å². The average Bonchev–Trinajstić information content (AvgIpc) is 2.86. The molecule has 3 aromatic rings. The van der Waals surface area contributed by atoms with Crippen molar-refractivity contribution < 1.29 is 22.8 Å². The van der Waals surface area contributed by atoms with Gasteiger partial charge in [0.15, 0.2) is 5.78 Å². The van der Waals surface area contributed by atoms with Crippen LogP contribution in [0.2, 0.25) is 0 Å². The lowest BCUT2D eigenvalue weighted by atomic mass is 9.99. The first-order chi connectivity index (χ1) is 16.7. The van der Waals surface area contributed by atoms with Crippen molar-refractivity contribution in [3.63, 3.8) is 0 Å². The van der Waals surface area contributed by atoms with Crippen LogP contribution in [0.5, 0.6) is 0 Å². The largest absolute Gasteiger partial charge is 0.294 e. The van der Waals surface area contributed by atoms with Gasteiger partial charge in [0.25, 0.3) is 5.91 Å². The highest BCUT2D eigenvalue weighted by atomic mass is 32.2. The normalized spacial score (nSPS) is 11.0. The molecular formula is C26H27N3O5S. The fraction of sp³-hybridized carbons (Fsp3) is 0.192. The Bertz CT molecular complexity index is 1340. The molecule has 0 aliphatic rings. The van der Waals surface area contributed by atoms with Crippen molar-refractivity contribution in [2.75, 3.05) is 0 Å². The summed E-state index contributed by atoms with van der Waals surface area (Å²) >= 11 is 0. The summed E-state index contributed by atoms with van der Waals surface area (Å²) in [5.41, 5.74) is 7.73. The minimum atomic E-state index is -3.85. The molecule has 9 heteroatoms. The molecule has 0 radical (unpaired) electrons. The number of hydrogen-bond acceptors (Lipinski definition) is 5. The Morgan fingerprint density at radius 2 is 1.54 bits per heavy atom. The van der Waals surface area contributed by atoms with Gasteiger partial charge in [-0.15, -0.1) is 0 Å². The van der Waals surface area contributed by atoms with Crippen LogP contribution < -0.4 is 15.6 Å². The van der Waals surface area contributed by atoms with Gasteiger partial charge in [-0.05, 0) is 49.2 Å². The Balaban J connectivity index is 1.53. The van der Waals surface area contributed by atoms with Gasteiger partial charge >= 0.3 is 0 Å². The maximum Gasteiger partial charge on any atom is 0.269 e. The van der Waals surface area contributed by atoms with E-state index in [4.69, 9.17) is 0 Å². The van der Waals surface area contributed by atoms with Gasteiger partial charge in [0.2, 0.25) is 15.9 Å². The van der Waals surface area contributed by atoms with Gasteiger partial charge in [-0.25, -0.2) is 13.1 Å². The van der Waals surface area contributed by atoms with E-state index in [0.29, 0.717) is 5.56 Å². The van der Waals surface area contributed by atoms with Gasteiger partial charge in [-0.1, -0.05) is 54.1 Å². The number of ketones is 1. The summed E-state index contributed by atoms with van der Waals surface area (Å²) in [5.74, 6) is -1.38. The second-order valence-corrected chi connectivity index (χ2v) is 9.85. The number of benzene rings is 3. The predicted octanol–water partition coefficient (Wildman–Crippen LogP) is 3.21. The molecule has 0 unspecified atom stereocenters. The van der Waals surface area contributed by atoms with Gasteiger partial charge in [0, 0.05) is 30.5 Å². The molecule has 3 N–H and O–H groups in total. The highest BCUT2D eigenvalue weighted by Crippen LogP contribution is 2.14. The molecular weight excluding hydrogens is 466 g/mol. The third-order valence-electron chi connectivity index (χ3n) is 5.30. The molecule has 0 aromatic heterocycles. The van der Waals surface area contributed by atoms with Gasteiger partial charge in [-0.2, -0.15) is 0 Å². The van der Waals surface area contributed by atoms with E-state index in [0.717, 1.165) is 16.7 Å². The molecule has 0 fully saturated rings. The fourth-order valence-electron chi connectivity index (χ4n) is 3.32. The fourth-order valence-corrected chi connectivity index (χ4v) is 4.38. The second kappa shape index (κ2) is 11.5. The summed E-state index contributed by atoms with van der Waals surface area (Å²) in [6.45, 7) is 3.83. The maximum absolute atomic E-state index is 12.6. The van der Waals surface area contributed by atoms with Crippen molar-refractivity contribution in [3.8, 4) is 0 Å². The Morgan fingerprint density at radius 3 is 2.29 bits per heavy atom. The first-order valence-electron chi connectivity index (χ1n) is 11.0. The third kappa shape index (κ3) is 7.33. The summed E-state index contributed by atoms with van der Waals surface area (Å²) < 4.78 is 27.7. The van der Waals surface area contributed by atoms with Crippen LogP contribution in [0.4, 0.5) is 0 Å². The number of rotatable bonds is 9. The number of amides is 2. The zero-order valence-electron chi connectivity index (χ0n) is 19.5. The van der Waals surface area contributed by atoms with E-state index < -0.39 is 21.8 Å². The van der Waals surface area contributed by atoms with Crippen LogP contribution in [0.15, 0.2) is 77.7 Å². The molecule has 0 aliphatic heterocycles. The molecule has 0 saturated heterocycles. The van der Waals surface area contributed by atoms with Crippen LogP contribution >= 0.6 is 0 Å². The molecule has 35 heavy (non-hydrogen) atoms. The first-order valence-corrected chi connectivity index (χ1v) is 12.5. The molecule has 3 aromatic carbocycles. The lowest BCUT2D eigenvalue weighted by Crippen LogP contribution is -2.41. The average molecular weight is 494 g/mol. The van der Waals surface area contributed by atoms with E-state index in [1.54, 1.807) is 18.2 Å². The Labute approximate surface area is 204 Å². The summed E-state index contributed by atoms with van der Waals surface area (Å²) in [5, 5.41) is 0. The third-order valence-corrected chi connectivity index (χ3v) is 6.70. The second-order valence-electron chi connectivity index (χ2n) is 8.08. The first kappa shape index (κ1) is 25.8. The van der Waals surface area contributed by atoms with Crippen LogP contribution in [0.25, 0.3) is 0 Å². The standard InChI is InChI=1S/C26H27N3O5S/c1-18-11-12-19(2)23(15-18)24(30)13-14-25(31)28-29-26(32)21-9-6-10-22(16-21)35(33,34)27-17-20-7-4-3-5-8-20/h3-12,15-16,27H,13-14,17H2,1-2H3,(H,28,31)(H,29,32). The molecule has 2 amide bonds. The number of carbonyl (C=O) groups excluding carboxylic acids is 3. The van der Waals surface area contributed by atoms with Crippen LogP contribution in [0, 0.1) is 13.8 Å². The Hall–Kier alpha value is -3.82. The number of nitrogens with one attached hydrogen (secondary N) is 3. The topological polar surface area (TPSA) is 121 Å². The van der Waals surface area contributed by atoms with Gasteiger partial charge in [0.05, 0.1) is 4.90 Å². The van der Waals surface area contributed by atoms with Crippen LogP contribution in [0.1, 0.15) is 50.2 Å².